The lowest BCUT2D eigenvalue weighted by Crippen LogP contribution is -2.02. The number of phenolic OH excluding ortho intramolecular Hbond substituents is 1. The smallest absolute Gasteiger partial charge is 0.508 e. The van der Waals surface area contributed by atoms with Crippen molar-refractivity contribution in [2.45, 2.75) is 20.8 Å². The van der Waals surface area contributed by atoms with Crippen LogP contribution in [0.2, 0.25) is 0 Å². The molecule has 1 N–H and O–H groups in total. The summed E-state index contributed by atoms with van der Waals surface area (Å²) in [5.41, 5.74) is 3.53. The van der Waals surface area contributed by atoms with Gasteiger partial charge in [-0.25, -0.2) is 0 Å². The van der Waals surface area contributed by atoms with E-state index in [9.17, 15) is 0 Å². The van der Waals surface area contributed by atoms with Crippen LogP contribution in [0.4, 0.5) is 0 Å². The molecule has 0 radical (unpaired) electrons. The van der Waals surface area contributed by atoms with Gasteiger partial charge in [0.1, 0.15) is 23.0 Å². The SMILES string of the molecule is Cc1ccc(OP(Oc2ccc(C)cc2)Oc2ccc(C)cc2)cc1.Oc1ccccc1. The molecule has 0 unspecified atom stereocenters. The van der Waals surface area contributed by atoms with Gasteiger partial charge in [0.2, 0.25) is 0 Å². The monoisotopic (exact) mass is 446 g/mol. The van der Waals surface area contributed by atoms with E-state index in [1.54, 1.807) is 24.3 Å². The largest absolute Gasteiger partial charge is 0.530 e. The lowest BCUT2D eigenvalue weighted by atomic mass is 10.2. The summed E-state index contributed by atoms with van der Waals surface area (Å²) < 4.78 is 17.9. The third-order valence-corrected chi connectivity index (χ3v) is 5.44. The molecular weight excluding hydrogens is 419 g/mol. The van der Waals surface area contributed by atoms with Gasteiger partial charge in [0.15, 0.2) is 0 Å². The van der Waals surface area contributed by atoms with Gasteiger partial charge in [-0.3, -0.25) is 0 Å². The maximum atomic E-state index is 8.63. The molecule has 0 aromatic heterocycles. The standard InChI is InChI=1S/C21H21O3P.C6H6O/c1-16-4-10-19(11-5-16)22-25(23-20-12-6-17(2)7-13-20)24-21-14-8-18(3)9-15-21;7-6-4-2-1-3-5-6/h4-15H,1-3H3;1-5,7H. The molecule has 0 heterocycles. The number of phenols is 1. The molecule has 4 aromatic rings. The number of rotatable bonds is 6. The highest BCUT2D eigenvalue weighted by molar-refractivity contribution is 7.43. The van der Waals surface area contributed by atoms with Crippen LogP contribution in [0.5, 0.6) is 23.0 Å². The highest BCUT2D eigenvalue weighted by Crippen LogP contribution is 2.42. The van der Waals surface area contributed by atoms with Crippen molar-refractivity contribution in [2.75, 3.05) is 0 Å². The lowest BCUT2D eigenvalue weighted by molar-refractivity contribution is 0.388. The van der Waals surface area contributed by atoms with E-state index < -0.39 is 8.60 Å². The molecule has 4 nitrogen and oxygen atoms in total. The van der Waals surface area contributed by atoms with Crippen LogP contribution in [0.3, 0.4) is 0 Å². The summed E-state index contributed by atoms with van der Waals surface area (Å²) in [7, 11) is -1.62. The quantitative estimate of drug-likeness (QED) is 0.307. The maximum Gasteiger partial charge on any atom is 0.530 e. The first kappa shape index (κ1) is 23.2. The van der Waals surface area contributed by atoms with Crippen LogP contribution >= 0.6 is 8.60 Å². The van der Waals surface area contributed by atoms with Crippen molar-refractivity contribution in [3.05, 3.63) is 120 Å². The van der Waals surface area contributed by atoms with Gasteiger partial charge >= 0.3 is 8.60 Å². The minimum absolute atomic E-state index is 0.322. The summed E-state index contributed by atoms with van der Waals surface area (Å²) in [6, 6.07) is 32.2. The molecule has 164 valence electrons. The van der Waals surface area contributed by atoms with Crippen LogP contribution < -0.4 is 13.6 Å². The molecule has 0 bridgehead atoms. The van der Waals surface area contributed by atoms with Crippen molar-refractivity contribution >= 4 is 8.60 Å². The Labute approximate surface area is 191 Å². The van der Waals surface area contributed by atoms with Crippen molar-refractivity contribution < 1.29 is 18.7 Å². The fourth-order valence-corrected chi connectivity index (χ4v) is 3.53. The summed E-state index contributed by atoms with van der Waals surface area (Å²) in [4.78, 5) is 0. The Bertz CT molecular complexity index is 950. The second kappa shape index (κ2) is 11.8. The maximum absolute atomic E-state index is 8.63. The van der Waals surface area contributed by atoms with Crippen molar-refractivity contribution in [1.82, 2.24) is 0 Å². The summed E-state index contributed by atoms with van der Waals surface area (Å²) >= 11 is 0. The molecule has 0 amide bonds. The molecule has 5 heteroatoms. The van der Waals surface area contributed by atoms with E-state index in [0.29, 0.717) is 5.75 Å². The van der Waals surface area contributed by atoms with Gasteiger partial charge in [0.25, 0.3) is 0 Å². The van der Waals surface area contributed by atoms with Gasteiger partial charge < -0.3 is 18.7 Å². The van der Waals surface area contributed by atoms with Crippen molar-refractivity contribution in [2.24, 2.45) is 0 Å². The third kappa shape index (κ3) is 7.98. The fourth-order valence-electron chi connectivity index (χ4n) is 2.54. The predicted octanol–water partition coefficient (Wildman–Crippen LogP) is 7.77. The molecule has 32 heavy (non-hydrogen) atoms. The summed E-state index contributed by atoms with van der Waals surface area (Å²) in [6.45, 7) is 6.12. The van der Waals surface area contributed by atoms with Gasteiger partial charge in [0, 0.05) is 0 Å². The molecule has 0 saturated carbocycles. The Hall–Kier alpha value is -3.49. The normalized spacial score (nSPS) is 10.1. The molecule has 0 aliphatic heterocycles. The fraction of sp³-hybridized carbons (Fsp3) is 0.111. The number of aryl methyl sites for hydroxylation is 3. The Balaban J connectivity index is 0.000000352. The Morgan fingerprint density at radius 3 is 1.03 bits per heavy atom. The Morgan fingerprint density at radius 1 is 0.469 bits per heavy atom. The van der Waals surface area contributed by atoms with E-state index in [1.165, 1.54) is 16.7 Å². The first-order chi connectivity index (χ1) is 15.5. The topological polar surface area (TPSA) is 47.9 Å². The van der Waals surface area contributed by atoms with E-state index in [4.69, 9.17) is 18.7 Å². The van der Waals surface area contributed by atoms with Crippen LogP contribution in [0.15, 0.2) is 103 Å². The average Bonchev–Trinajstić information content (AvgIpc) is 2.79. The second-order valence-corrected chi connectivity index (χ2v) is 8.27. The van der Waals surface area contributed by atoms with E-state index in [2.05, 4.69) is 0 Å². The molecule has 4 aromatic carbocycles. The van der Waals surface area contributed by atoms with Crippen molar-refractivity contribution in [3.63, 3.8) is 0 Å². The zero-order valence-electron chi connectivity index (χ0n) is 18.4. The van der Waals surface area contributed by atoms with Gasteiger partial charge in [-0.2, -0.15) is 0 Å². The Morgan fingerprint density at radius 2 is 0.781 bits per heavy atom. The van der Waals surface area contributed by atoms with Crippen molar-refractivity contribution in [3.8, 4) is 23.0 Å². The molecule has 4 rings (SSSR count). The molecular formula is C27H27O4P. The van der Waals surface area contributed by atoms with Crippen LogP contribution in [0.1, 0.15) is 16.7 Å². The van der Waals surface area contributed by atoms with E-state index in [-0.39, 0.29) is 0 Å². The van der Waals surface area contributed by atoms with E-state index >= 15 is 0 Å². The minimum atomic E-state index is -1.62. The van der Waals surface area contributed by atoms with Gasteiger partial charge in [0.05, 0.1) is 0 Å². The molecule has 0 aliphatic rings. The molecule has 0 aliphatic carbocycles. The number of para-hydroxylation sites is 1. The predicted molar refractivity (Wildman–Crippen MR) is 130 cm³/mol. The summed E-state index contributed by atoms with van der Waals surface area (Å²) in [5.74, 6) is 2.48. The first-order valence-electron chi connectivity index (χ1n) is 10.3. The second-order valence-electron chi connectivity index (χ2n) is 7.27. The molecule has 0 atom stereocenters. The van der Waals surface area contributed by atoms with Crippen LogP contribution in [0.25, 0.3) is 0 Å². The van der Waals surface area contributed by atoms with Crippen LogP contribution in [0, 0.1) is 20.8 Å². The Kier molecular flexibility index (Phi) is 8.53. The molecule has 0 fully saturated rings. The lowest BCUT2D eigenvalue weighted by Gasteiger charge is -2.18. The first-order valence-corrected chi connectivity index (χ1v) is 11.4. The van der Waals surface area contributed by atoms with Gasteiger partial charge in [-0.15, -0.1) is 0 Å². The number of benzene rings is 4. The number of aromatic hydroxyl groups is 1. The van der Waals surface area contributed by atoms with Crippen LogP contribution in [-0.2, 0) is 0 Å². The highest BCUT2D eigenvalue weighted by Gasteiger charge is 2.19. The third-order valence-electron chi connectivity index (χ3n) is 4.36. The average molecular weight is 446 g/mol. The van der Waals surface area contributed by atoms with Gasteiger partial charge in [-0.1, -0.05) is 71.3 Å². The van der Waals surface area contributed by atoms with Crippen molar-refractivity contribution in [1.29, 1.82) is 0 Å². The minimum Gasteiger partial charge on any atom is -0.508 e. The van der Waals surface area contributed by atoms with Crippen LogP contribution in [-0.4, -0.2) is 5.11 Å². The van der Waals surface area contributed by atoms with E-state index in [1.807, 2.05) is 99.6 Å². The molecule has 0 spiro atoms. The zero-order valence-corrected chi connectivity index (χ0v) is 19.3. The number of hydrogen-bond donors (Lipinski definition) is 1. The summed E-state index contributed by atoms with van der Waals surface area (Å²) in [5, 5.41) is 8.63. The highest BCUT2D eigenvalue weighted by atomic mass is 31.2. The summed E-state index contributed by atoms with van der Waals surface area (Å²) in [6.07, 6.45) is 0. The zero-order chi connectivity index (χ0) is 22.8. The molecule has 0 saturated heterocycles. The van der Waals surface area contributed by atoms with Gasteiger partial charge in [-0.05, 0) is 69.3 Å². The number of hydrogen-bond acceptors (Lipinski definition) is 4. The van der Waals surface area contributed by atoms with E-state index in [0.717, 1.165) is 17.2 Å².